The highest BCUT2D eigenvalue weighted by Crippen LogP contribution is 2.24. The number of carbonyl (C=O) groups excluding carboxylic acids is 1. The molecule has 29 heavy (non-hydrogen) atoms. The molecule has 0 aromatic carbocycles. The first-order chi connectivity index (χ1) is 13.4. The van der Waals surface area contributed by atoms with Crippen molar-refractivity contribution in [3.63, 3.8) is 0 Å². The van der Waals surface area contributed by atoms with Crippen LogP contribution in [0.4, 0.5) is 0 Å². The van der Waals surface area contributed by atoms with E-state index in [1.807, 2.05) is 17.0 Å². The number of piperidine rings is 1. The molecular formula is C22H33N5O2. The minimum atomic E-state index is -0.0965. The molecule has 1 aliphatic rings. The van der Waals surface area contributed by atoms with Gasteiger partial charge in [-0.2, -0.15) is 10.2 Å². The second kappa shape index (κ2) is 7.76. The minimum Gasteiger partial charge on any atom is -0.337 e. The van der Waals surface area contributed by atoms with Crippen molar-refractivity contribution in [2.75, 3.05) is 13.1 Å². The average Bonchev–Trinajstić information content (AvgIpc) is 3.13. The van der Waals surface area contributed by atoms with E-state index in [-0.39, 0.29) is 22.3 Å². The van der Waals surface area contributed by atoms with Crippen LogP contribution in [-0.2, 0) is 17.4 Å². The maximum atomic E-state index is 12.8. The van der Waals surface area contributed by atoms with Crippen LogP contribution in [0.15, 0.2) is 23.0 Å². The Labute approximate surface area is 172 Å². The van der Waals surface area contributed by atoms with E-state index in [1.165, 1.54) is 0 Å². The highest BCUT2D eigenvalue weighted by Gasteiger charge is 2.27. The molecule has 0 aliphatic carbocycles. The number of nitrogens with one attached hydrogen (secondary N) is 1. The van der Waals surface area contributed by atoms with Crippen LogP contribution in [0.5, 0.6) is 0 Å². The largest absolute Gasteiger partial charge is 0.337 e. The lowest BCUT2D eigenvalue weighted by Gasteiger charge is -2.31. The quantitative estimate of drug-likeness (QED) is 0.859. The van der Waals surface area contributed by atoms with E-state index in [1.54, 1.807) is 10.7 Å². The van der Waals surface area contributed by atoms with Gasteiger partial charge in [0.25, 0.3) is 11.5 Å². The fraction of sp³-hybridized carbons (Fsp3) is 0.636. The molecule has 1 amide bonds. The van der Waals surface area contributed by atoms with E-state index >= 15 is 0 Å². The Bertz CT molecular complexity index is 922. The summed E-state index contributed by atoms with van der Waals surface area (Å²) in [7, 11) is 0. The van der Waals surface area contributed by atoms with Gasteiger partial charge in [-0.3, -0.25) is 14.7 Å². The Morgan fingerprint density at radius 1 is 1.10 bits per heavy atom. The molecular weight excluding hydrogens is 366 g/mol. The number of aromatic nitrogens is 4. The number of nitrogens with zero attached hydrogens (tertiary/aromatic N) is 4. The maximum Gasteiger partial charge on any atom is 0.274 e. The lowest BCUT2D eigenvalue weighted by Crippen LogP contribution is -2.40. The number of hydrogen-bond donors (Lipinski definition) is 1. The molecule has 3 heterocycles. The van der Waals surface area contributed by atoms with E-state index in [2.05, 4.69) is 56.8 Å². The standard InChI is InChI=1S/C22H33N5O2/c1-21(2,3)17-7-8-19(28)27(25-17)14-15-9-11-26(12-10-15)20(29)16-13-18(24-23-16)22(4,5)6/h7-8,13,15H,9-12,14H2,1-6H3,(H,23,24). The Morgan fingerprint density at radius 3 is 2.31 bits per heavy atom. The van der Waals surface area contributed by atoms with Gasteiger partial charge < -0.3 is 4.90 Å². The lowest BCUT2D eigenvalue weighted by atomic mass is 9.92. The number of amides is 1. The molecule has 7 heteroatoms. The summed E-state index contributed by atoms with van der Waals surface area (Å²) in [6.45, 7) is 14.5. The zero-order valence-electron chi connectivity index (χ0n) is 18.5. The van der Waals surface area contributed by atoms with Gasteiger partial charge in [0.1, 0.15) is 5.69 Å². The molecule has 2 aromatic rings. The summed E-state index contributed by atoms with van der Waals surface area (Å²) in [6.07, 6.45) is 1.71. The van der Waals surface area contributed by atoms with Gasteiger partial charge in [-0.15, -0.1) is 0 Å². The smallest absolute Gasteiger partial charge is 0.274 e. The lowest BCUT2D eigenvalue weighted by molar-refractivity contribution is 0.0674. The molecule has 7 nitrogen and oxygen atoms in total. The van der Waals surface area contributed by atoms with Crippen LogP contribution in [0.25, 0.3) is 0 Å². The van der Waals surface area contributed by atoms with Crippen LogP contribution >= 0.6 is 0 Å². The number of H-pyrrole nitrogens is 1. The molecule has 1 saturated heterocycles. The zero-order chi connectivity index (χ0) is 21.4. The molecule has 0 spiro atoms. The molecule has 0 bridgehead atoms. The van der Waals surface area contributed by atoms with Crippen molar-refractivity contribution in [2.45, 2.75) is 71.8 Å². The molecule has 0 atom stereocenters. The van der Waals surface area contributed by atoms with Crippen LogP contribution in [0, 0.1) is 5.92 Å². The van der Waals surface area contributed by atoms with Crippen LogP contribution in [-0.4, -0.2) is 43.9 Å². The van der Waals surface area contributed by atoms with E-state index in [4.69, 9.17) is 0 Å². The van der Waals surface area contributed by atoms with Gasteiger partial charge in [-0.25, -0.2) is 4.68 Å². The van der Waals surface area contributed by atoms with Crippen molar-refractivity contribution < 1.29 is 4.79 Å². The molecule has 0 saturated carbocycles. The van der Waals surface area contributed by atoms with Crippen LogP contribution in [0.1, 0.15) is 76.3 Å². The topological polar surface area (TPSA) is 83.9 Å². The molecule has 3 rings (SSSR count). The number of rotatable bonds is 3. The van der Waals surface area contributed by atoms with E-state index < -0.39 is 0 Å². The van der Waals surface area contributed by atoms with Gasteiger partial charge in [0, 0.05) is 42.2 Å². The first kappa shape index (κ1) is 21.3. The van der Waals surface area contributed by atoms with Crippen molar-refractivity contribution in [1.29, 1.82) is 0 Å². The Kier molecular flexibility index (Phi) is 5.70. The normalized spacial score (nSPS) is 16.3. The van der Waals surface area contributed by atoms with Crippen molar-refractivity contribution in [1.82, 2.24) is 24.9 Å². The second-order valence-corrected chi connectivity index (χ2v) is 10.1. The molecule has 0 unspecified atom stereocenters. The summed E-state index contributed by atoms with van der Waals surface area (Å²) in [5, 5.41) is 11.8. The molecule has 0 radical (unpaired) electrons. The highest BCUT2D eigenvalue weighted by molar-refractivity contribution is 5.92. The summed E-state index contributed by atoms with van der Waals surface area (Å²) < 4.78 is 1.59. The van der Waals surface area contributed by atoms with Crippen molar-refractivity contribution in [3.8, 4) is 0 Å². The van der Waals surface area contributed by atoms with Crippen LogP contribution < -0.4 is 5.56 Å². The molecule has 1 aliphatic heterocycles. The summed E-state index contributed by atoms with van der Waals surface area (Å²) in [5.74, 6) is 0.309. The van der Waals surface area contributed by atoms with Gasteiger partial charge >= 0.3 is 0 Å². The number of hydrogen-bond acceptors (Lipinski definition) is 4. The summed E-state index contributed by atoms with van der Waals surface area (Å²) in [6, 6.07) is 5.28. The molecule has 1 fully saturated rings. The maximum absolute atomic E-state index is 12.8. The van der Waals surface area contributed by atoms with Crippen LogP contribution in [0.2, 0.25) is 0 Å². The van der Waals surface area contributed by atoms with Gasteiger partial charge in [0.05, 0.1) is 5.69 Å². The zero-order valence-corrected chi connectivity index (χ0v) is 18.5. The summed E-state index contributed by atoms with van der Waals surface area (Å²) >= 11 is 0. The van der Waals surface area contributed by atoms with Crippen LogP contribution in [0.3, 0.4) is 0 Å². The first-order valence-electron chi connectivity index (χ1n) is 10.4. The molecule has 2 aromatic heterocycles. The number of carbonyl (C=O) groups is 1. The third-order valence-corrected chi connectivity index (χ3v) is 5.57. The summed E-state index contributed by atoms with van der Waals surface area (Å²) in [5.41, 5.74) is 2.12. The molecule has 1 N–H and O–H groups in total. The third kappa shape index (κ3) is 4.95. The monoisotopic (exact) mass is 399 g/mol. The number of aromatic amines is 1. The van der Waals surface area contributed by atoms with Gasteiger partial charge in [-0.05, 0) is 30.9 Å². The first-order valence-corrected chi connectivity index (χ1v) is 10.4. The Morgan fingerprint density at radius 2 is 1.76 bits per heavy atom. The summed E-state index contributed by atoms with van der Waals surface area (Å²) in [4.78, 5) is 26.9. The Hall–Kier alpha value is -2.44. The van der Waals surface area contributed by atoms with Gasteiger partial charge in [0.2, 0.25) is 0 Å². The second-order valence-electron chi connectivity index (χ2n) is 10.1. The number of likely N-dealkylation sites (tertiary alicyclic amines) is 1. The van der Waals surface area contributed by atoms with Crippen molar-refractivity contribution >= 4 is 5.91 Å². The predicted octanol–water partition coefficient (Wildman–Crippen LogP) is 3.11. The third-order valence-electron chi connectivity index (χ3n) is 5.57. The van der Waals surface area contributed by atoms with Gasteiger partial charge in [0.15, 0.2) is 0 Å². The highest BCUT2D eigenvalue weighted by atomic mass is 16.2. The van der Waals surface area contributed by atoms with E-state index in [0.717, 1.165) is 24.2 Å². The SMILES string of the molecule is CC(C)(C)c1ccc(=O)n(CC2CCN(C(=O)c3cc(C(C)(C)C)[nH]n3)CC2)n1. The Balaban J connectivity index is 1.62. The van der Waals surface area contributed by atoms with E-state index in [0.29, 0.717) is 31.2 Å². The molecule has 158 valence electrons. The fourth-order valence-electron chi connectivity index (χ4n) is 3.52. The minimum absolute atomic E-state index is 0.0276. The van der Waals surface area contributed by atoms with Gasteiger partial charge in [-0.1, -0.05) is 41.5 Å². The van der Waals surface area contributed by atoms with Crippen molar-refractivity contribution in [3.05, 3.63) is 45.6 Å². The van der Waals surface area contributed by atoms with E-state index in [9.17, 15) is 9.59 Å². The average molecular weight is 400 g/mol. The van der Waals surface area contributed by atoms with Crippen molar-refractivity contribution in [2.24, 2.45) is 5.92 Å². The predicted molar refractivity (Wildman–Crippen MR) is 113 cm³/mol. The fourth-order valence-corrected chi connectivity index (χ4v) is 3.52.